The summed E-state index contributed by atoms with van der Waals surface area (Å²) in [4.78, 5) is 14.3. The second kappa shape index (κ2) is 4.13. The van der Waals surface area contributed by atoms with Crippen LogP contribution in [0.5, 0.6) is 0 Å². The van der Waals surface area contributed by atoms with Gasteiger partial charge in [-0.1, -0.05) is 0 Å². The molecule has 0 atom stereocenters. The molecule has 1 rings (SSSR count). The largest absolute Gasteiger partial charge is 0.383 e. The lowest BCUT2D eigenvalue weighted by atomic mass is 10.3. The summed E-state index contributed by atoms with van der Waals surface area (Å²) in [6.07, 6.45) is -4.03. The maximum Gasteiger partial charge on any atom is 0.383 e. The minimum absolute atomic E-state index is 0.127. The Morgan fingerprint density at radius 2 is 2.20 bits per heavy atom. The second-order valence-corrected chi connectivity index (χ2v) is 3.53. The Hall–Kier alpha value is -1.18. The normalized spacial score (nSPS) is 11.9. The summed E-state index contributed by atoms with van der Waals surface area (Å²) in [5.74, 6) is -6.74. The first-order valence-electron chi connectivity index (χ1n) is 3.73. The second-order valence-electron chi connectivity index (χ2n) is 2.67. The molecule has 3 nitrogen and oxygen atoms in total. The number of anilines is 1. The van der Waals surface area contributed by atoms with Crippen molar-refractivity contribution in [3.05, 3.63) is 11.1 Å². The lowest BCUT2D eigenvalue weighted by molar-refractivity contribution is -0.163. The van der Waals surface area contributed by atoms with Gasteiger partial charge in [0.15, 0.2) is 5.13 Å². The summed E-state index contributed by atoms with van der Waals surface area (Å²) in [6.45, 7) is 1.58. The molecule has 0 aliphatic heterocycles. The Morgan fingerprint density at radius 3 is 2.60 bits per heavy atom. The van der Waals surface area contributed by atoms with E-state index >= 15 is 0 Å². The van der Waals surface area contributed by atoms with E-state index in [4.69, 9.17) is 0 Å². The molecular formula is C7H6F4N2OS. The number of carbonyl (C=O) groups excluding carboxylic acids is 1. The van der Waals surface area contributed by atoms with Crippen LogP contribution in [-0.4, -0.2) is 23.2 Å². The van der Waals surface area contributed by atoms with Gasteiger partial charge in [0, 0.05) is 5.38 Å². The smallest absolute Gasteiger partial charge is 0.296 e. The molecule has 0 spiro atoms. The van der Waals surface area contributed by atoms with Crippen LogP contribution in [0.4, 0.5) is 22.7 Å². The zero-order valence-corrected chi connectivity index (χ0v) is 8.25. The van der Waals surface area contributed by atoms with Gasteiger partial charge in [-0.2, -0.15) is 8.78 Å². The van der Waals surface area contributed by atoms with Crippen LogP contribution in [-0.2, 0) is 4.79 Å². The first-order valence-corrected chi connectivity index (χ1v) is 4.61. The fourth-order valence-electron chi connectivity index (χ4n) is 0.691. The molecule has 1 aromatic heterocycles. The van der Waals surface area contributed by atoms with E-state index in [9.17, 15) is 22.4 Å². The number of nitrogens with zero attached hydrogens (tertiary/aromatic N) is 1. The van der Waals surface area contributed by atoms with Gasteiger partial charge in [0.2, 0.25) is 0 Å². The minimum atomic E-state index is -4.69. The number of hydrogen-bond acceptors (Lipinski definition) is 3. The number of halogens is 4. The number of aromatic nitrogens is 1. The molecular weight excluding hydrogens is 236 g/mol. The van der Waals surface area contributed by atoms with Crippen molar-refractivity contribution in [1.82, 2.24) is 4.98 Å². The quantitative estimate of drug-likeness (QED) is 0.826. The Bertz CT molecular complexity index is 366. The molecule has 0 bridgehead atoms. The molecule has 0 saturated heterocycles. The van der Waals surface area contributed by atoms with Crippen molar-refractivity contribution in [1.29, 1.82) is 0 Å². The van der Waals surface area contributed by atoms with Gasteiger partial charge < -0.3 is 0 Å². The van der Waals surface area contributed by atoms with Crippen molar-refractivity contribution in [2.45, 2.75) is 19.3 Å². The number of amides is 1. The maximum atomic E-state index is 12.4. The fraction of sp³-hybridized carbons (Fsp3) is 0.429. The average Bonchev–Trinajstić information content (AvgIpc) is 2.50. The van der Waals surface area contributed by atoms with Gasteiger partial charge >= 0.3 is 18.3 Å². The van der Waals surface area contributed by atoms with Crippen LogP contribution in [0.2, 0.25) is 0 Å². The Morgan fingerprint density at radius 1 is 1.60 bits per heavy atom. The summed E-state index contributed by atoms with van der Waals surface area (Å²) in [6, 6.07) is 0. The maximum absolute atomic E-state index is 12.4. The molecule has 0 unspecified atom stereocenters. The minimum Gasteiger partial charge on any atom is -0.296 e. The molecule has 0 aromatic carbocycles. The van der Waals surface area contributed by atoms with Crippen LogP contribution >= 0.6 is 11.3 Å². The van der Waals surface area contributed by atoms with Gasteiger partial charge in [0.25, 0.3) is 0 Å². The zero-order valence-electron chi connectivity index (χ0n) is 7.43. The standard InChI is InChI=1S/C7H6F4N2OS/c1-3-2-15-6(12-3)13-5(14)7(10,11)4(8)9/h2,4H,1H3,(H,12,13,14). The number of aryl methyl sites for hydroxylation is 1. The highest BCUT2D eigenvalue weighted by molar-refractivity contribution is 7.13. The third kappa shape index (κ3) is 2.65. The Labute approximate surface area is 86.1 Å². The van der Waals surface area contributed by atoms with Crippen molar-refractivity contribution in [3.63, 3.8) is 0 Å². The monoisotopic (exact) mass is 242 g/mol. The molecule has 15 heavy (non-hydrogen) atoms. The van der Waals surface area contributed by atoms with E-state index in [1.54, 1.807) is 12.2 Å². The van der Waals surface area contributed by atoms with E-state index in [1.807, 2.05) is 0 Å². The predicted molar refractivity (Wildman–Crippen MR) is 46.4 cm³/mol. The number of carbonyl (C=O) groups is 1. The molecule has 0 saturated carbocycles. The van der Waals surface area contributed by atoms with Crippen LogP contribution in [0, 0.1) is 6.92 Å². The molecule has 1 heterocycles. The van der Waals surface area contributed by atoms with E-state index in [0.717, 1.165) is 11.3 Å². The molecule has 1 amide bonds. The van der Waals surface area contributed by atoms with Gasteiger partial charge in [-0.05, 0) is 6.92 Å². The van der Waals surface area contributed by atoms with E-state index < -0.39 is 18.3 Å². The van der Waals surface area contributed by atoms with E-state index in [0.29, 0.717) is 5.69 Å². The van der Waals surface area contributed by atoms with E-state index in [2.05, 4.69) is 4.98 Å². The lowest BCUT2D eigenvalue weighted by Crippen LogP contribution is -2.40. The zero-order chi connectivity index (χ0) is 11.6. The molecule has 0 aliphatic rings. The third-order valence-corrected chi connectivity index (χ3v) is 2.29. The summed E-state index contributed by atoms with van der Waals surface area (Å²) < 4.78 is 48.4. The van der Waals surface area contributed by atoms with Crippen LogP contribution < -0.4 is 5.32 Å². The van der Waals surface area contributed by atoms with Crippen LogP contribution in [0.3, 0.4) is 0 Å². The topological polar surface area (TPSA) is 42.0 Å². The van der Waals surface area contributed by atoms with Crippen molar-refractivity contribution in [2.75, 3.05) is 5.32 Å². The summed E-state index contributed by atoms with van der Waals surface area (Å²) >= 11 is 0.884. The first kappa shape index (κ1) is 11.9. The van der Waals surface area contributed by atoms with E-state index in [-0.39, 0.29) is 5.13 Å². The SMILES string of the molecule is Cc1csc(NC(=O)C(F)(F)C(F)F)n1. The van der Waals surface area contributed by atoms with Gasteiger partial charge in [0.1, 0.15) is 0 Å². The van der Waals surface area contributed by atoms with Crippen molar-refractivity contribution in [2.24, 2.45) is 0 Å². The number of nitrogens with one attached hydrogen (secondary N) is 1. The average molecular weight is 242 g/mol. The van der Waals surface area contributed by atoms with Crippen LogP contribution in [0.25, 0.3) is 0 Å². The molecule has 0 aliphatic carbocycles. The lowest BCUT2D eigenvalue weighted by Gasteiger charge is -2.13. The van der Waals surface area contributed by atoms with Gasteiger partial charge in [-0.3, -0.25) is 10.1 Å². The molecule has 1 aromatic rings. The number of hydrogen-bond donors (Lipinski definition) is 1. The van der Waals surface area contributed by atoms with Gasteiger partial charge in [-0.25, -0.2) is 13.8 Å². The predicted octanol–water partition coefficient (Wildman–Crippen LogP) is 2.29. The van der Waals surface area contributed by atoms with Gasteiger partial charge in [0.05, 0.1) is 5.69 Å². The molecule has 0 fully saturated rings. The van der Waals surface area contributed by atoms with Crippen LogP contribution in [0.15, 0.2) is 5.38 Å². The molecule has 8 heteroatoms. The highest BCUT2D eigenvalue weighted by Gasteiger charge is 2.49. The third-order valence-electron chi connectivity index (χ3n) is 1.42. The number of alkyl halides is 4. The first-order chi connectivity index (χ1) is 6.84. The molecule has 1 N–H and O–H groups in total. The van der Waals surface area contributed by atoms with Crippen molar-refractivity contribution >= 4 is 22.4 Å². The fourth-order valence-corrected chi connectivity index (χ4v) is 1.37. The summed E-state index contributed by atoms with van der Waals surface area (Å²) in [5, 5.41) is 2.99. The summed E-state index contributed by atoms with van der Waals surface area (Å²) in [5.41, 5.74) is 0.510. The van der Waals surface area contributed by atoms with Gasteiger partial charge in [-0.15, -0.1) is 11.3 Å². The molecule has 0 radical (unpaired) electrons. The van der Waals surface area contributed by atoms with Crippen molar-refractivity contribution < 1.29 is 22.4 Å². The Kier molecular flexibility index (Phi) is 3.28. The highest BCUT2D eigenvalue weighted by atomic mass is 32.1. The summed E-state index contributed by atoms with van der Waals surface area (Å²) in [7, 11) is 0. The molecule has 84 valence electrons. The van der Waals surface area contributed by atoms with E-state index in [1.165, 1.54) is 5.38 Å². The Balaban J connectivity index is 2.71. The highest BCUT2D eigenvalue weighted by Crippen LogP contribution is 2.25. The van der Waals surface area contributed by atoms with Crippen LogP contribution in [0.1, 0.15) is 5.69 Å². The van der Waals surface area contributed by atoms with Crippen molar-refractivity contribution in [3.8, 4) is 0 Å². The number of thiazole rings is 1. The number of rotatable bonds is 3.